The van der Waals surface area contributed by atoms with Crippen molar-refractivity contribution in [2.24, 2.45) is 0 Å². The summed E-state index contributed by atoms with van der Waals surface area (Å²) < 4.78 is 38.8. The Labute approximate surface area is 113 Å². The summed E-state index contributed by atoms with van der Waals surface area (Å²) in [5.74, 6) is -1.73. The Morgan fingerprint density at radius 2 is 1.85 bits per heavy atom. The Balaban J connectivity index is 3.52. The van der Waals surface area contributed by atoms with E-state index in [9.17, 15) is 23.1 Å². The molecule has 0 saturated heterocycles. The van der Waals surface area contributed by atoms with Crippen LogP contribution in [0.1, 0.15) is 18.1 Å². The second kappa shape index (κ2) is 5.87. The molecule has 0 aromatic heterocycles. The van der Waals surface area contributed by atoms with Gasteiger partial charge in [0.15, 0.2) is 0 Å². The first-order chi connectivity index (χ1) is 9.20. The summed E-state index contributed by atoms with van der Waals surface area (Å²) in [6.07, 6.45) is -4.56. The van der Waals surface area contributed by atoms with E-state index in [0.717, 1.165) is 6.07 Å². The zero-order chi connectivity index (χ0) is 15.5. The van der Waals surface area contributed by atoms with Crippen LogP contribution in [0, 0.1) is 5.41 Å². The number of rotatable bonds is 4. The predicted molar refractivity (Wildman–Crippen MR) is 64.6 cm³/mol. The van der Waals surface area contributed by atoms with Crippen molar-refractivity contribution in [2.45, 2.75) is 13.1 Å². The minimum atomic E-state index is -4.56. The Kier molecular flexibility index (Phi) is 4.67. The van der Waals surface area contributed by atoms with E-state index < -0.39 is 23.4 Å². The molecule has 0 aliphatic carbocycles. The number of nitrogens with two attached hydrogens (primary N) is 1. The van der Waals surface area contributed by atoms with Gasteiger partial charge in [-0.15, -0.1) is 0 Å². The summed E-state index contributed by atoms with van der Waals surface area (Å²) in [6, 6.07) is 4.82. The van der Waals surface area contributed by atoms with E-state index in [-0.39, 0.29) is 16.8 Å². The van der Waals surface area contributed by atoms with Gasteiger partial charge >= 0.3 is 6.18 Å². The standard InChI is InChI=1S/C13H13F3N2O2/c1-7(10(17)12(19)20)11(18-2)8-5-3-4-6-9(8)13(14,15)16/h3-6,17-18H,1-2H3,(H,19,20)/b11-7-,17-10?. The quantitative estimate of drug-likeness (QED) is 0.786. The second-order valence-electron chi connectivity index (χ2n) is 4.03. The summed E-state index contributed by atoms with van der Waals surface area (Å²) in [6.45, 7) is 1.28. The lowest BCUT2D eigenvalue weighted by atomic mass is 9.98. The van der Waals surface area contributed by atoms with Gasteiger partial charge in [0.2, 0.25) is 0 Å². The van der Waals surface area contributed by atoms with Gasteiger partial charge in [-0.25, -0.2) is 0 Å². The molecule has 0 aliphatic rings. The van der Waals surface area contributed by atoms with Gasteiger partial charge in [0.1, 0.15) is 5.70 Å². The number of carbonyl (C=O) groups is 1. The van der Waals surface area contributed by atoms with Crippen LogP contribution in [0.25, 0.3) is 5.70 Å². The summed E-state index contributed by atoms with van der Waals surface area (Å²) in [7, 11) is 1.48. The molecule has 0 unspecified atom stereocenters. The third-order valence-corrected chi connectivity index (χ3v) is 2.79. The molecule has 1 aromatic rings. The molecule has 0 heterocycles. The molecule has 7 heteroatoms. The first kappa shape index (κ1) is 15.9. The van der Waals surface area contributed by atoms with Crippen LogP contribution in [-0.4, -0.2) is 18.7 Å². The monoisotopic (exact) mass is 286 g/mol. The highest BCUT2D eigenvalue weighted by atomic mass is 19.4. The number of hydrogen-bond donors (Lipinski definition) is 2. The number of aliphatic carboxylic acids is 1. The van der Waals surface area contributed by atoms with Crippen LogP contribution in [0.4, 0.5) is 13.2 Å². The van der Waals surface area contributed by atoms with Gasteiger partial charge in [0, 0.05) is 11.1 Å². The Hall–Kier alpha value is -2.15. The van der Waals surface area contributed by atoms with E-state index in [1.807, 2.05) is 0 Å². The van der Waals surface area contributed by atoms with E-state index in [4.69, 9.17) is 5.41 Å². The smallest absolute Gasteiger partial charge is 0.417 e. The molecule has 0 radical (unpaired) electrons. The molecule has 0 fully saturated rings. The van der Waals surface area contributed by atoms with Gasteiger partial charge in [-0.05, 0) is 19.1 Å². The molecule has 0 aliphatic heterocycles. The van der Waals surface area contributed by atoms with Crippen molar-refractivity contribution in [3.63, 3.8) is 0 Å². The lowest BCUT2D eigenvalue weighted by Gasteiger charge is -2.15. The maximum atomic E-state index is 12.9. The average molecular weight is 286 g/mol. The largest absolute Gasteiger partial charge is 0.543 e. The summed E-state index contributed by atoms with van der Waals surface area (Å²) in [4.78, 5) is 10.7. The van der Waals surface area contributed by atoms with Crippen molar-refractivity contribution >= 4 is 17.4 Å². The highest BCUT2D eigenvalue weighted by Gasteiger charge is 2.35. The molecule has 0 bridgehead atoms. The van der Waals surface area contributed by atoms with Crippen LogP contribution in [0.15, 0.2) is 29.8 Å². The van der Waals surface area contributed by atoms with Gasteiger partial charge in [0.05, 0.1) is 24.3 Å². The van der Waals surface area contributed by atoms with Crippen molar-refractivity contribution in [1.29, 1.82) is 5.41 Å². The van der Waals surface area contributed by atoms with E-state index >= 15 is 0 Å². The van der Waals surface area contributed by atoms with Gasteiger partial charge in [-0.2, -0.15) is 13.2 Å². The van der Waals surface area contributed by atoms with Crippen LogP contribution >= 0.6 is 0 Å². The Morgan fingerprint density at radius 1 is 1.30 bits per heavy atom. The highest BCUT2D eigenvalue weighted by molar-refractivity contribution is 6.41. The molecule has 20 heavy (non-hydrogen) atoms. The van der Waals surface area contributed by atoms with Gasteiger partial charge in [0.25, 0.3) is 0 Å². The first-order valence-corrected chi connectivity index (χ1v) is 5.67. The zero-order valence-corrected chi connectivity index (χ0v) is 10.8. The Bertz CT molecular complexity index is 577. The molecule has 3 N–H and O–H groups in total. The van der Waals surface area contributed by atoms with Gasteiger partial charge in [-0.3, -0.25) is 5.41 Å². The zero-order valence-electron chi connectivity index (χ0n) is 10.8. The van der Waals surface area contributed by atoms with Crippen LogP contribution < -0.4 is 10.4 Å². The number of carbonyl (C=O) groups excluding carboxylic acids is 1. The number of benzene rings is 1. The molecular weight excluding hydrogens is 273 g/mol. The summed E-state index contributed by atoms with van der Waals surface area (Å²) >= 11 is 0. The van der Waals surface area contributed by atoms with Crippen molar-refractivity contribution < 1.29 is 28.4 Å². The molecule has 4 nitrogen and oxygen atoms in total. The van der Waals surface area contributed by atoms with Crippen molar-refractivity contribution in [1.82, 2.24) is 0 Å². The molecule has 0 atom stereocenters. The summed E-state index contributed by atoms with van der Waals surface area (Å²) in [5.41, 5.74) is -1.91. The third-order valence-electron chi connectivity index (χ3n) is 2.79. The number of nitrogens with one attached hydrogen (secondary N) is 1. The number of hydrogen-bond acceptors (Lipinski definition) is 3. The third kappa shape index (κ3) is 3.24. The topological polar surface area (TPSA) is 80.6 Å². The maximum Gasteiger partial charge on any atom is 0.417 e. The Morgan fingerprint density at radius 3 is 2.30 bits per heavy atom. The molecule has 0 amide bonds. The SMILES string of the molecule is C[NH2+]/C(=C(/C)C(=N)C(=O)[O-])c1ccccc1C(F)(F)F. The number of quaternary nitrogens is 1. The van der Waals surface area contributed by atoms with Crippen LogP contribution in [-0.2, 0) is 11.0 Å². The fourth-order valence-corrected chi connectivity index (χ4v) is 1.83. The van der Waals surface area contributed by atoms with Gasteiger partial charge in [-0.1, -0.05) is 12.1 Å². The van der Waals surface area contributed by atoms with Crippen LogP contribution in [0.2, 0.25) is 0 Å². The lowest BCUT2D eigenvalue weighted by molar-refractivity contribution is -0.531. The minimum Gasteiger partial charge on any atom is -0.543 e. The van der Waals surface area contributed by atoms with E-state index in [1.165, 1.54) is 37.5 Å². The number of alkyl halides is 3. The van der Waals surface area contributed by atoms with E-state index in [2.05, 4.69) is 0 Å². The molecule has 0 spiro atoms. The highest BCUT2D eigenvalue weighted by Crippen LogP contribution is 2.34. The lowest BCUT2D eigenvalue weighted by Crippen LogP contribution is -2.77. The number of carboxylic acid groups (broad SMARTS) is 1. The first-order valence-electron chi connectivity index (χ1n) is 5.67. The van der Waals surface area contributed by atoms with Gasteiger partial charge < -0.3 is 15.2 Å². The van der Waals surface area contributed by atoms with E-state index in [1.54, 1.807) is 0 Å². The fourth-order valence-electron chi connectivity index (χ4n) is 1.83. The molecule has 1 rings (SSSR count). The molecule has 108 valence electrons. The number of halogens is 3. The number of carboxylic acids is 1. The normalized spacial score (nSPS) is 12.8. The van der Waals surface area contributed by atoms with Crippen molar-refractivity contribution in [3.05, 3.63) is 41.0 Å². The molecular formula is C13H13F3N2O2. The molecule has 0 saturated carbocycles. The second-order valence-corrected chi connectivity index (χ2v) is 4.03. The van der Waals surface area contributed by atoms with Crippen LogP contribution in [0.3, 0.4) is 0 Å². The minimum absolute atomic E-state index is 0.0483. The van der Waals surface area contributed by atoms with Crippen LogP contribution in [0.5, 0.6) is 0 Å². The fraction of sp³-hybridized carbons (Fsp3) is 0.231. The summed E-state index contributed by atoms with van der Waals surface area (Å²) in [5, 5.41) is 19.4. The van der Waals surface area contributed by atoms with Crippen molar-refractivity contribution in [3.8, 4) is 0 Å². The molecule has 1 aromatic carbocycles. The maximum absolute atomic E-state index is 12.9. The van der Waals surface area contributed by atoms with E-state index in [0.29, 0.717) is 0 Å². The predicted octanol–water partition coefficient (Wildman–Crippen LogP) is 0.399. The average Bonchev–Trinajstić information content (AvgIpc) is 2.37. The van der Waals surface area contributed by atoms with Crippen molar-refractivity contribution in [2.75, 3.05) is 7.05 Å².